The van der Waals surface area contributed by atoms with Crippen LogP contribution in [0.1, 0.15) is 17.3 Å². The van der Waals surface area contributed by atoms with Crippen molar-refractivity contribution in [3.05, 3.63) is 41.4 Å². The first-order valence-electron chi connectivity index (χ1n) is 6.61. The third kappa shape index (κ3) is 3.02. The zero-order chi connectivity index (χ0) is 17.5. The summed E-state index contributed by atoms with van der Waals surface area (Å²) < 4.78 is 39.6. The molecular weight excluding hydrogens is 347 g/mol. The van der Waals surface area contributed by atoms with E-state index < -0.39 is 11.7 Å². The third-order valence-corrected chi connectivity index (χ3v) is 3.36. The molecule has 124 valence electrons. The van der Waals surface area contributed by atoms with Crippen molar-refractivity contribution >= 4 is 40.2 Å². The number of aromatic nitrogens is 4. The summed E-state index contributed by atoms with van der Waals surface area (Å²) in [7, 11) is 0. The molecule has 0 bridgehead atoms. The van der Waals surface area contributed by atoms with Gasteiger partial charge in [0, 0.05) is 19.3 Å². The van der Waals surface area contributed by atoms with Crippen molar-refractivity contribution in [3.8, 4) is 0 Å². The molecule has 3 heterocycles. The molecule has 0 amide bonds. The van der Waals surface area contributed by atoms with E-state index in [0.717, 1.165) is 18.3 Å². The minimum Gasteiger partial charge on any atom is -0.324 e. The molecule has 0 fully saturated rings. The van der Waals surface area contributed by atoms with Crippen LogP contribution in [0.4, 0.5) is 24.8 Å². The van der Waals surface area contributed by atoms with Crippen LogP contribution in [0.2, 0.25) is 5.28 Å². The monoisotopic (exact) mass is 355 g/mol. The quantitative estimate of drug-likeness (QED) is 0.706. The highest BCUT2D eigenvalue weighted by molar-refractivity contribution is 6.28. The molecule has 0 atom stereocenters. The number of rotatable bonds is 2. The van der Waals surface area contributed by atoms with Crippen LogP contribution in [0.3, 0.4) is 0 Å². The van der Waals surface area contributed by atoms with E-state index in [1.165, 1.54) is 17.7 Å². The van der Waals surface area contributed by atoms with Gasteiger partial charge in [0.2, 0.25) is 11.2 Å². The largest absolute Gasteiger partial charge is 0.416 e. The second kappa shape index (κ2) is 5.75. The Balaban J connectivity index is 2.06. The lowest BCUT2D eigenvalue weighted by Crippen LogP contribution is -2.07. The molecule has 0 aliphatic carbocycles. The molecule has 0 aromatic carbocycles. The van der Waals surface area contributed by atoms with Crippen molar-refractivity contribution < 1.29 is 18.0 Å². The first kappa shape index (κ1) is 16.2. The Bertz CT molecular complexity index is 938. The number of halogens is 4. The van der Waals surface area contributed by atoms with E-state index in [-0.39, 0.29) is 28.5 Å². The summed E-state index contributed by atoms with van der Waals surface area (Å²) in [5.41, 5.74) is -0.602. The lowest BCUT2D eigenvalue weighted by molar-refractivity contribution is -0.137. The Morgan fingerprint density at radius 1 is 1.29 bits per heavy atom. The predicted molar refractivity (Wildman–Crippen MR) is 81.4 cm³/mol. The average molecular weight is 356 g/mol. The number of carbonyl (C=O) groups is 1. The second-order valence-corrected chi connectivity index (χ2v) is 5.17. The fraction of sp³-hybridized carbons (Fsp3) is 0.143. The Morgan fingerprint density at radius 2 is 2.04 bits per heavy atom. The van der Waals surface area contributed by atoms with Gasteiger partial charge in [-0.05, 0) is 29.8 Å². The summed E-state index contributed by atoms with van der Waals surface area (Å²) in [4.78, 5) is 23.3. The number of alkyl halides is 3. The van der Waals surface area contributed by atoms with E-state index in [1.807, 2.05) is 0 Å². The standard InChI is InChI=1S/C14H9ClF3N5O/c1-7(24)23-5-3-9-11(21-13(15)22-12(9)23)20-10-6-8(2-4-19-10)14(16,17)18/h2-6H,1H3,(H,19,20,21,22). The molecule has 0 unspecified atom stereocenters. The maximum atomic E-state index is 12.8. The number of nitrogens with one attached hydrogen (secondary N) is 1. The van der Waals surface area contributed by atoms with Crippen LogP contribution in [0, 0.1) is 0 Å². The van der Waals surface area contributed by atoms with Crippen LogP contribution >= 0.6 is 11.6 Å². The highest BCUT2D eigenvalue weighted by Crippen LogP contribution is 2.31. The normalized spacial score (nSPS) is 11.7. The molecule has 0 aliphatic rings. The van der Waals surface area contributed by atoms with Crippen molar-refractivity contribution in [2.24, 2.45) is 0 Å². The van der Waals surface area contributed by atoms with Gasteiger partial charge in [0.1, 0.15) is 11.6 Å². The van der Waals surface area contributed by atoms with Gasteiger partial charge >= 0.3 is 6.18 Å². The number of nitrogens with zero attached hydrogens (tertiary/aromatic N) is 4. The van der Waals surface area contributed by atoms with Crippen molar-refractivity contribution in [3.63, 3.8) is 0 Å². The lowest BCUT2D eigenvalue weighted by atomic mass is 10.2. The molecule has 0 aliphatic heterocycles. The summed E-state index contributed by atoms with van der Waals surface area (Å²) in [5, 5.41) is 2.95. The fourth-order valence-corrected chi connectivity index (χ4v) is 2.30. The Labute approximate surface area is 138 Å². The van der Waals surface area contributed by atoms with Gasteiger partial charge in [-0.15, -0.1) is 0 Å². The zero-order valence-electron chi connectivity index (χ0n) is 12.1. The van der Waals surface area contributed by atoms with Gasteiger partial charge in [0.05, 0.1) is 10.9 Å². The summed E-state index contributed by atoms with van der Waals surface area (Å²) in [5.74, 6) is -0.198. The van der Waals surface area contributed by atoms with E-state index in [4.69, 9.17) is 11.6 Å². The predicted octanol–water partition coefficient (Wildman–Crippen LogP) is 3.90. The lowest BCUT2D eigenvalue weighted by Gasteiger charge is -2.10. The fourth-order valence-electron chi connectivity index (χ4n) is 2.13. The summed E-state index contributed by atoms with van der Waals surface area (Å²) in [6.45, 7) is 1.34. The summed E-state index contributed by atoms with van der Waals surface area (Å²) in [6.07, 6.45) is -1.98. The molecule has 3 rings (SSSR count). The molecule has 3 aromatic heterocycles. The molecule has 0 saturated carbocycles. The second-order valence-electron chi connectivity index (χ2n) is 4.84. The number of fused-ring (bicyclic) bond motifs is 1. The van der Waals surface area contributed by atoms with Gasteiger partial charge in [0.15, 0.2) is 5.65 Å². The average Bonchev–Trinajstić information content (AvgIpc) is 2.90. The van der Waals surface area contributed by atoms with E-state index in [2.05, 4.69) is 20.3 Å². The Kier molecular flexibility index (Phi) is 3.88. The van der Waals surface area contributed by atoms with Crippen molar-refractivity contribution in [2.45, 2.75) is 13.1 Å². The number of anilines is 2. The van der Waals surface area contributed by atoms with Gasteiger partial charge in [-0.2, -0.15) is 23.1 Å². The van der Waals surface area contributed by atoms with Crippen molar-refractivity contribution in [2.75, 3.05) is 5.32 Å². The molecule has 6 nitrogen and oxygen atoms in total. The highest BCUT2D eigenvalue weighted by atomic mass is 35.5. The third-order valence-electron chi connectivity index (χ3n) is 3.19. The summed E-state index contributed by atoms with van der Waals surface area (Å²) in [6, 6.07) is 3.27. The van der Waals surface area contributed by atoms with Gasteiger partial charge in [-0.1, -0.05) is 0 Å². The van der Waals surface area contributed by atoms with Crippen LogP contribution in [0.15, 0.2) is 30.6 Å². The summed E-state index contributed by atoms with van der Waals surface area (Å²) >= 11 is 5.84. The van der Waals surface area contributed by atoms with Gasteiger partial charge in [0.25, 0.3) is 0 Å². The highest BCUT2D eigenvalue weighted by Gasteiger charge is 2.30. The smallest absolute Gasteiger partial charge is 0.324 e. The van der Waals surface area contributed by atoms with E-state index in [1.54, 1.807) is 6.07 Å². The molecule has 0 radical (unpaired) electrons. The SMILES string of the molecule is CC(=O)n1ccc2c(Nc3cc(C(F)(F)F)ccn3)nc(Cl)nc21. The molecule has 24 heavy (non-hydrogen) atoms. The van der Waals surface area contributed by atoms with Crippen LogP contribution in [-0.4, -0.2) is 25.4 Å². The minimum atomic E-state index is -4.49. The Hall–Kier alpha value is -2.68. The number of hydrogen-bond donors (Lipinski definition) is 1. The van der Waals surface area contributed by atoms with Crippen LogP contribution < -0.4 is 5.32 Å². The first-order valence-corrected chi connectivity index (χ1v) is 6.99. The number of hydrogen-bond acceptors (Lipinski definition) is 5. The molecule has 3 aromatic rings. The molecular formula is C14H9ClF3N5O. The number of pyridine rings is 1. The molecule has 10 heteroatoms. The topological polar surface area (TPSA) is 72.7 Å². The first-order chi connectivity index (χ1) is 11.3. The minimum absolute atomic E-state index is 0.0588. The van der Waals surface area contributed by atoms with Gasteiger partial charge in [-0.3, -0.25) is 9.36 Å². The van der Waals surface area contributed by atoms with E-state index >= 15 is 0 Å². The van der Waals surface area contributed by atoms with Crippen LogP contribution in [-0.2, 0) is 6.18 Å². The van der Waals surface area contributed by atoms with E-state index in [0.29, 0.717) is 5.39 Å². The molecule has 0 saturated heterocycles. The maximum absolute atomic E-state index is 12.8. The van der Waals surface area contributed by atoms with Crippen molar-refractivity contribution in [1.82, 2.24) is 19.5 Å². The van der Waals surface area contributed by atoms with Crippen LogP contribution in [0.25, 0.3) is 11.0 Å². The molecule has 0 spiro atoms. The molecule has 1 N–H and O–H groups in total. The zero-order valence-corrected chi connectivity index (χ0v) is 12.9. The number of carbonyl (C=O) groups excluding carboxylic acids is 1. The van der Waals surface area contributed by atoms with Crippen molar-refractivity contribution in [1.29, 1.82) is 0 Å². The van der Waals surface area contributed by atoms with Gasteiger partial charge in [-0.25, -0.2) is 4.98 Å². The maximum Gasteiger partial charge on any atom is 0.416 e. The Morgan fingerprint density at radius 3 is 2.71 bits per heavy atom. The van der Waals surface area contributed by atoms with Gasteiger partial charge < -0.3 is 5.32 Å². The van der Waals surface area contributed by atoms with Crippen LogP contribution in [0.5, 0.6) is 0 Å². The van der Waals surface area contributed by atoms with E-state index in [9.17, 15) is 18.0 Å².